The summed E-state index contributed by atoms with van der Waals surface area (Å²) in [4.78, 5) is 21.9. The molecule has 1 aromatic carbocycles. The molecule has 0 bridgehead atoms. The van der Waals surface area contributed by atoms with Crippen LogP contribution in [0.3, 0.4) is 0 Å². The van der Waals surface area contributed by atoms with E-state index >= 15 is 0 Å². The number of cyclic esters (lactones) is 1. The molecule has 1 heterocycles. The highest BCUT2D eigenvalue weighted by molar-refractivity contribution is 5.95. The van der Waals surface area contributed by atoms with Gasteiger partial charge in [-0.15, -0.1) is 0 Å². The molecule has 84 valence electrons. The monoisotopic (exact) mass is 224 g/mol. The van der Waals surface area contributed by atoms with Crippen LogP contribution in [-0.2, 0) is 14.3 Å². The number of esters is 1. The SMILES string of the molecule is O=C(O)C1CC(c2ccc(F)cc2)OC1=O. The fourth-order valence-corrected chi connectivity index (χ4v) is 1.66. The Balaban J connectivity index is 2.16. The van der Waals surface area contributed by atoms with Crippen molar-refractivity contribution in [3.8, 4) is 0 Å². The first-order chi connectivity index (χ1) is 7.58. The van der Waals surface area contributed by atoms with Crippen LogP contribution in [0.4, 0.5) is 4.39 Å². The Kier molecular flexibility index (Phi) is 2.60. The summed E-state index contributed by atoms with van der Waals surface area (Å²) in [5, 5.41) is 8.73. The fraction of sp³-hybridized carbons (Fsp3) is 0.273. The van der Waals surface area contributed by atoms with Gasteiger partial charge in [-0.2, -0.15) is 0 Å². The molecule has 5 heteroatoms. The number of rotatable bonds is 2. The summed E-state index contributed by atoms with van der Waals surface area (Å²) in [6.07, 6.45) is -0.492. The van der Waals surface area contributed by atoms with Gasteiger partial charge in [-0.25, -0.2) is 4.39 Å². The molecule has 1 fully saturated rings. The number of benzene rings is 1. The summed E-state index contributed by atoms with van der Waals surface area (Å²) < 4.78 is 17.6. The number of aliphatic carboxylic acids is 1. The normalized spacial score (nSPS) is 24.2. The van der Waals surface area contributed by atoms with E-state index in [0.29, 0.717) is 5.56 Å². The van der Waals surface area contributed by atoms with E-state index in [0.717, 1.165) is 0 Å². The zero-order chi connectivity index (χ0) is 11.7. The third kappa shape index (κ3) is 1.88. The highest BCUT2D eigenvalue weighted by Gasteiger charge is 2.40. The highest BCUT2D eigenvalue weighted by Crippen LogP contribution is 2.33. The van der Waals surface area contributed by atoms with Crippen LogP contribution in [0, 0.1) is 11.7 Å². The summed E-state index contributed by atoms with van der Waals surface area (Å²) in [5.41, 5.74) is 0.610. The van der Waals surface area contributed by atoms with Gasteiger partial charge in [-0.3, -0.25) is 9.59 Å². The molecule has 0 aliphatic carbocycles. The average Bonchev–Trinajstić information content (AvgIpc) is 2.61. The highest BCUT2D eigenvalue weighted by atomic mass is 19.1. The molecule has 2 rings (SSSR count). The number of carboxylic acids is 1. The van der Waals surface area contributed by atoms with Gasteiger partial charge in [0.25, 0.3) is 0 Å². The van der Waals surface area contributed by atoms with Crippen LogP contribution in [0.5, 0.6) is 0 Å². The Bertz CT molecular complexity index is 426. The minimum atomic E-state index is -1.19. The van der Waals surface area contributed by atoms with Crippen molar-refractivity contribution < 1.29 is 23.8 Å². The molecule has 1 saturated heterocycles. The van der Waals surface area contributed by atoms with E-state index in [1.807, 2.05) is 0 Å². The molecule has 1 aliphatic rings. The predicted octanol–water partition coefficient (Wildman–Crippen LogP) is 1.51. The lowest BCUT2D eigenvalue weighted by atomic mass is 10.0. The minimum absolute atomic E-state index is 0.0970. The third-order valence-corrected chi connectivity index (χ3v) is 2.53. The summed E-state index contributed by atoms with van der Waals surface area (Å²) in [6, 6.07) is 5.46. The summed E-state index contributed by atoms with van der Waals surface area (Å²) >= 11 is 0. The number of ether oxygens (including phenoxy) is 1. The van der Waals surface area contributed by atoms with E-state index in [-0.39, 0.29) is 12.2 Å². The van der Waals surface area contributed by atoms with Gasteiger partial charge >= 0.3 is 11.9 Å². The number of hydrogen-bond acceptors (Lipinski definition) is 3. The van der Waals surface area contributed by atoms with Crippen molar-refractivity contribution in [1.29, 1.82) is 0 Å². The van der Waals surface area contributed by atoms with E-state index in [9.17, 15) is 14.0 Å². The van der Waals surface area contributed by atoms with Gasteiger partial charge in [0.15, 0.2) is 5.92 Å². The van der Waals surface area contributed by atoms with Gasteiger partial charge < -0.3 is 9.84 Å². The van der Waals surface area contributed by atoms with Gasteiger partial charge in [0.2, 0.25) is 0 Å². The maximum absolute atomic E-state index is 12.7. The average molecular weight is 224 g/mol. The van der Waals surface area contributed by atoms with Crippen LogP contribution in [0.15, 0.2) is 24.3 Å². The molecule has 4 nitrogen and oxygen atoms in total. The van der Waals surface area contributed by atoms with E-state index < -0.39 is 24.0 Å². The van der Waals surface area contributed by atoms with Crippen LogP contribution < -0.4 is 0 Å². The van der Waals surface area contributed by atoms with Crippen LogP contribution >= 0.6 is 0 Å². The van der Waals surface area contributed by atoms with Crippen LogP contribution in [0.1, 0.15) is 18.1 Å². The van der Waals surface area contributed by atoms with Gasteiger partial charge in [0.1, 0.15) is 11.9 Å². The molecular formula is C11H9FO4. The van der Waals surface area contributed by atoms with Crippen molar-refractivity contribution in [3.63, 3.8) is 0 Å². The minimum Gasteiger partial charge on any atom is -0.481 e. The standard InChI is InChI=1S/C11H9FO4/c12-7-3-1-6(2-4-7)9-5-8(10(13)14)11(15)16-9/h1-4,8-9H,5H2,(H,13,14). The van der Waals surface area contributed by atoms with E-state index in [1.54, 1.807) is 0 Å². The second-order valence-electron chi connectivity index (χ2n) is 3.60. The van der Waals surface area contributed by atoms with Crippen molar-refractivity contribution >= 4 is 11.9 Å². The molecule has 0 saturated carbocycles. The zero-order valence-corrected chi connectivity index (χ0v) is 8.22. The van der Waals surface area contributed by atoms with Crippen LogP contribution in [0.25, 0.3) is 0 Å². The molecule has 1 N–H and O–H groups in total. The number of carboxylic acid groups (broad SMARTS) is 1. The van der Waals surface area contributed by atoms with Crippen LogP contribution in [-0.4, -0.2) is 17.0 Å². The molecule has 16 heavy (non-hydrogen) atoms. The number of hydrogen-bond donors (Lipinski definition) is 1. The van der Waals surface area contributed by atoms with Crippen molar-refractivity contribution in [2.75, 3.05) is 0 Å². The molecule has 1 aromatic rings. The van der Waals surface area contributed by atoms with Gasteiger partial charge in [-0.05, 0) is 17.7 Å². The van der Waals surface area contributed by atoms with Crippen molar-refractivity contribution in [2.24, 2.45) is 5.92 Å². The van der Waals surface area contributed by atoms with E-state index in [2.05, 4.69) is 0 Å². The quantitative estimate of drug-likeness (QED) is 0.611. The largest absolute Gasteiger partial charge is 0.481 e. The Hall–Kier alpha value is -1.91. The Morgan fingerprint density at radius 2 is 2.00 bits per heavy atom. The lowest BCUT2D eigenvalue weighted by molar-refractivity contribution is -0.153. The number of carbonyl (C=O) groups excluding carboxylic acids is 1. The van der Waals surface area contributed by atoms with E-state index in [4.69, 9.17) is 9.84 Å². The molecule has 2 unspecified atom stereocenters. The summed E-state index contributed by atoms with van der Waals surface area (Å²) in [7, 11) is 0. The molecule has 0 spiro atoms. The second kappa shape index (κ2) is 3.92. The van der Waals surface area contributed by atoms with Crippen molar-refractivity contribution in [2.45, 2.75) is 12.5 Å². The molecule has 1 aliphatic heterocycles. The van der Waals surface area contributed by atoms with Crippen molar-refractivity contribution in [3.05, 3.63) is 35.6 Å². The molecule has 2 atom stereocenters. The Morgan fingerprint density at radius 3 is 2.50 bits per heavy atom. The van der Waals surface area contributed by atoms with Crippen LogP contribution in [0.2, 0.25) is 0 Å². The summed E-state index contributed by atoms with van der Waals surface area (Å²) in [6.45, 7) is 0. The first kappa shape index (κ1) is 10.6. The number of carbonyl (C=O) groups is 2. The van der Waals surface area contributed by atoms with E-state index in [1.165, 1.54) is 24.3 Å². The van der Waals surface area contributed by atoms with Gasteiger partial charge in [0, 0.05) is 6.42 Å². The molecule has 0 radical (unpaired) electrons. The maximum atomic E-state index is 12.7. The lowest BCUT2D eigenvalue weighted by Gasteiger charge is -2.08. The smallest absolute Gasteiger partial charge is 0.321 e. The molecule has 0 amide bonds. The first-order valence-corrected chi connectivity index (χ1v) is 4.76. The molecular weight excluding hydrogens is 215 g/mol. The molecule has 0 aromatic heterocycles. The zero-order valence-electron chi connectivity index (χ0n) is 8.22. The predicted molar refractivity (Wildman–Crippen MR) is 51.0 cm³/mol. The van der Waals surface area contributed by atoms with Crippen molar-refractivity contribution in [1.82, 2.24) is 0 Å². The van der Waals surface area contributed by atoms with Gasteiger partial charge in [0.05, 0.1) is 0 Å². The maximum Gasteiger partial charge on any atom is 0.321 e. The Morgan fingerprint density at radius 1 is 1.38 bits per heavy atom. The Labute approximate surface area is 90.6 Å². The second-order valence-corrected chi connectivity index (χ2v) is 3.60. The fourth-order valence-electron chi connectivity index (χ4n) is 1.66. The topological polar surface area (TPSA) is 63.6 Å². The third-order valence-electron chi connectivity index (χ3n) is 2.53. The summed E-state index contributed by atoms with van der Waals surface area (Å²) in [5.74, 6) is -3.42. The first-order valence-electron chi connectivity index (χ1n) is 4.76. The van der Waals surface area contributed by atoms with Gasteiger partial charge in [-0.1, -0.05) is 12.1 Å². The lowest BCUT2D eigenvalue weighted by Crippen LogP contribution is -2.17. The number of halogens is 1.